The zero-order valence-electron chi connectivity index (χ0n) is 13.2. The Morgan fingerprint density at radius 2 is 2.00 bits per heavy atom. The van der Waals surface area contributed by atoms with Gasteiger partial charge in [-0.3, -0.25) is 9.48 Å². The van der Waals surface area contributed by atoms with E-state index < -0.39 is 0 Å². The van der Waals surface area contributed by atoms with Gasteiger partial charge < -0.3 is 5.32 Å². The Morgan fingerprint density at radius 1 is 1.22 bits per heavy atom. The maximum Gasteiger partial charge on any atom is 0.252 e. The summed E-state index contributed by atoms with van der Waals surface area (Å²) in [5.41, 5.74) is 3.05. The number of amides is 1. The van der Waals surface area contributed by atoms with Crippen LogP contribution in [0.2, 0.25) is 0 Å². The molecule has 1 aromatic carbocycles. The van der Waals surface area contributed by atoms with Crippen LogP contribution in [0.4, 0.5) is 0 Å². The molecule has 0 fully saturated rings. The molecule has 1 amide bonds. The Labute approximate surface area is 139 Å². The molecule has 0 saturated carbocycles. The lowest BCUT2D eigenvalue weighted by atomic mass is 10.1. The molecule has 2 aromatic heterocycles. The number of aromatic nitrogens is 2. The first-order valence-corrected chi connectivity index (χ1v) is 8.34. The molecule has 0 aliphatic heterocycles. The molecule has 0 atom stereocenters. The van der Waals surface area contributed by atoms with Gasteiger partial charge in [-0.25, -0.2) is 0 Å². The molecular formula is C18H19N3OS. The first kappa shape index (κ1) is 15.5. The van der Waals surface area contributed by atoms with Crippen LogP contribution >= 0.6 is 11.3 Å². The molecule has 3 rings (SSSR count). The fourth-order valence-electron chi connectivity index (χ4n) is 2.58. The molecular weight excluding hydrogens is 306 g/mol. The van der Waals surface area contributed by atoms with Crippen molar-refractivity contribution in [3.63, 3.8) is 0 Å². The molecule has 0 spiro atoms. The summed E-state index contributed by atoms with van der Waals surface area (Å²) in [7, 11) is 0. The summed E-state index contributed by atoms with van der Waals surface area (Å²) in [5.74, 6) is -0.0132. The predicted octanol–water partition coefficient (Wildman–Crippen LogP) is 3.54. The van der Waals surface area contributed by atoms with E-state index in [9.17, 15) is 4.79 Å². The van der Waals surface area contributed by atoms with Crippen LogP contribution in [-0.4, -0.2) is 15.7 Å². The van der Waals surface area contributed by atoms with Crippen molar-refractivity contribution in [1.82, 2.24) is 15.1 Å². The van der Waals surface area contributed by atoms with Crippen molar-refractivity contribution in [3.8, 4) is 0 Å². The maximum absolute atomic E-state index is 12.4. The van der Waals surface area contributed by atoms with E-state index in [1.54, 1.807) is 17.5 Å². The lowest BCUT2D eigenvalue weighted by Gasteiger charge is -2.11. The van der Waals surface area contributed by atoms with Gasteiger partial charge in [-0.2, -0.15) is 5.10 Å². The van der Waals surface area contributed by atoms with Gasteiger partial charge in [0, 0.05) is 28.7 Å². The van der Waals surface area contributed by atoms with E-state index in [2.05, 4.69) is 16.5 Å². The minimum atomic E-state index is -0.0132. The largest absolute Gasteiger partial charge is 0.348 e. The Bertz CT molecular complexity index is 806. The van der Waals surface area contributed by atoms with Gasteiger partial charge in [0.15, 0.2) is 0 Å². The normalized spacial score (nSPS) is 10.7. The average Bonchev–Trinajstić information content (AvgIpc) is 3.15. The third-order valence-electron chi connectivity index (χ3n) is 3.73. The summed E-state index contributed by atoms with van der Waals surface area (Å²) >= 11 is 1.65. The number of hydrogen-bond donors (Lipinski definition) is 1. The highest BCUT2D eigenvalue weighted by Crippen LogP contribution is 2.20. The first-order chi connectivity index (χ1) is 11.1. The van der Waals surface area contributed by atoms with Crippen LogP contribution in [0.15, 0.2) is 48.8 Å². The monoisotopic (exact) mass is 325 g/mol. The Kier molecular flexibility index (Phi) is 4.57. The number of benzene rings is 1. The minimum Gasteiger partial charge on any atom is -0.348 e. The van der Waals surface area contributed by atoms with Gasteiger partial charge >= 0.3 is 0 Å². The van der Waals surface area contributed by atoms with Crippen LogP contribution in [0.5, 0.6) is 0 Å². The standard InChI is InChI=1S/C18H19N3OS/c1-13-10-17(14(2)23-13)18(22)19-11-15-6-3-4-7-16(15)12-21-9-5-8-20-21/h3-10H,11-12H2,1-2H3,(H,19,22). The van der Waals surface area contributed by atoms with E-state index in [0.717, 1.165) is 26.4 Å². The van der Waals surface area contributed by atoms with E-state index in [1.807, 2.05) is 55.1 Å². The second kappa shape index (κ2) is 6.79. The molecule has 0 unspecified atom stereocenters. The van der Waals surface area contributed by atoms with E-state index in [1.165, 1.54) is 0 Å². The van der Waals surface area contributed by atoms with Gasteiger partial charge in [-0.15, -0.1) is 11.3 Å². The second-order valence-corrected chi connectivity index (χ2v) is 6.94. The van der Waals surface area contributed by atoms with Gasteiger partial charge in [0.1, 0.15) is 0 Å². The van der Waals surface area contributed by atoms with Crippen LogP contribution in [0, 0.1) is 13.8 Å². The summed E-state index contributed by atoms with van der Waals surface area (Å²) in [5, 5.41) is 7.27. The number of nitrogens with zero attached hydrogens (tertiary/aromatic N) is 2. The van der Waals surface area contributed by atoms with Crippen molar-refractivity contribution in [1.29, 1.82) is 0 Å². The third kappa shape index (κ3) is 3.68. The Morgan fingerprint density at radius 3 is 2.65 bits per heavy atom. The van der Waals surface area contributed by atoms with Crippen molar-refractivity contribution in [2.75, 3.05) is 0 Å². The van der Waals surface area contributed by atoms with Crippen LogP contribution < -0.4 is 5.32 Å². The zero-order valence-corrected chi connectivity index (χ0v) is 14.1. The highest BCUT2D eigenvalue weighted by atomic mass is 32.1. The molecule has 5 heteroatoms. The molecule has 0 aliphatic rings. The summed E-state index contributed by atoms with van der Waals surface area (Å²) in [6.07, 6.45) is 3.71. The van der Waals surface area contributed by atoms with Crippen LogP contribution in [-0.2, 0) is 13.1 Å². The summed E-state index contributed by atoms with van der Waals surface area (Å²) < 4.78 is 1.88. The van der Waals surface area contributed by atoms with Crippen molar-refractivity contribution in [3.05, 3.63) is 75.2 Å². The lowest BCUT2D eigenvalue weighted by molar-refractivity contribution is 0.0950. The van der Waals surface area contributed by atoms with Gasteiger partial charge in [-0.05, 0) is 37.1 Å². The smallest absolute Gasteiger partial charge is 0.252 e. The quantitative estimate of drug-likeness (QED) is 0.780. The second-order valence-electron chi connectivity index (χ2n) is 5.48. The zero-order chi connectivity index (χ0) is 16.2. The molecule has 23 heavy (non-hydrogen) atoms. The number of nitrogens with one attached hydrogen (secondary N) is 1. The summed E-state index contributed by atoms with van der Waals surface area (Å²) in [6, 6.07) is 12.0. The summed E-state index contributed by atoms with van der Waals surface area (Å²) in [6.45, 7) is 5.23. The molecule has 1 N–H and O–H groups in total. The topological polar surface area (TPSA) is 46.9 Å². The SMILES string of the molecule is Cc1cc(C(=O)NCc2ccccc2Cn2cccn2)c(C)s1. The lowest BCUT2D eigenvalue weighted by Crippen LogP contribution is -2.23. The van der Waals surface area contributed by atoms with E-state index in [0.29, 0.717) is 13.1 Å². The average molecular weight is 325 g/mol. The molecule has 0 radical (unpaired) electrons. The van der Waals surface area contributed by atoms with Gasteiger partial charge in [0.25, 0.3) is 5.91 Å². The van der Waals surface area contributed by atoms with E-state index >= 15 is 0 Å². The van der Waals surface area contributed by atoms with Crippen molar-refractivity contribution >= 4 is 17.2 Å². The Hall–Kier alpha value is -2.40. The third-order valence-corrected chi connectivity index (χ3v) is 4.70. The summed E-state index contributed by atoms with van der Waals surface area (Å²) in [4.78, 5) is 14.6. The number of thiophene rings is 1. The first-order valence-electron chi connectivity index (χ1n) is 7.53. The number of hydrogen-bond acceptors (Lipinski definition) is 3. The number of carbonyl (C=O) groups excluding carboxylic acids is 1. The molecule has 0 saturated heterocycles. The van der Waals surface area contributed by atoms with Crippen LogP contribution in [0.25, 0.3) is 0 Å². The highest BCUT2D eigenvalue weighted by Gasteiger charge is 2.12. The van der Waals surface area contributed by atoms with Crippen LogP contribution in [0.1, 0.15) is 31.2 Å². The number of carbonyl (C=O) groups is 1. The molecule has 0 bridgehead atoms. The van der Waals surface area contributed by atoms with Gasteiger partial charge in [0.05, 0.1) is 12.1 Å². The Balaban J connectivity index is 1.71. The van der Waals surface area contributed by atoms with E-state index in [-0.39, 0.29) is 5.91 Å². The fraction of sp³-hybridized carbons (Fsp3) is 0.222. The van der Waals surface area contributed by atoms with Gasteiger partial charge in [0.2, 0.25) is 0 Å². The van der Waals surface area contributed by atoms with Crippen molar-refractivity contribution in [2.45, 2.75) is 26.9 Å². The maximum atomic E-state index is 12.4. The van der Waals surface area contributed by atoms with E-state index in [4.69, 9.17) is 0 Å². The fourth-order valence-corrected chi connectivity index (χ4v) is 3.50. The van der Waals surface area contributed by atoms with Gasteiger partial charge in [-0.1, -0.05) is 24.3 Å². The molecule has 3 aromatic rings. The predicted molar refractivity (Wildman–Crippen MR) is 92.7 cm³/mol. The minimum absolute atomic E-state index is 0.0132. The van der Waals surface area contributed by atoms with Crippen LogP contribution in [0.3, 0.4) is 0 Å². The molecule has 4 nitrogen and oxygen atoms in total. The molecule has 118 valence electrons. The highest BCUT2D eigenvalue weighted by molar-refractivity contribution is 7.12. The molecule has 0 aliphatic carbocycles. The molecule has 2 heterocycles. The van der Waals surface area contributed by atoms with Crippen molar-refractivity contribution < 1.29 is 4.79 Å². The van der Waals surface area contributed by atoms with Crippen molar-refractivity contribution in [2.24, 2.45) is 0 Å². The number of rotatable bonds is 5. The number of aryl methyl sites for hydroxylation is 2.